The van der Waals surface area contributed by atoms with E-state index in [0.29, 0.717) is 24.0 Å². The van der Waals surface area contributed by atoms with Crippen LogP contribution in [0, 0.1) is 0 Å². The third-order valence-corrected chi connectivity index (χ3v) is 3.81. The second-order valence-electron chi connectivity index (χ2n) is 4.59. The molecule has 1 aliphatic rings. The zero-order valence-electron chi connectivity index (χ0n) is 12.0. The first-order valence-electron chi connectivity index (χ1n) is 6.56. The summed E-state index contributed by atoms with van der Waals surface area (Å²) in [7, 11) is 3.22. The number of methoxy groups -OCH3 is 2. The van der Waals surface area contributed by atoms with Gasteiger partial charge in [0.15, 0.2) is 5.11 Å². The second kappa shape index (κ2) is 6.28. The molecule has 1 atom stereocenters. The Labute approximate surface area is 124 Å². The van der Waals surface area contributed by atoms with E-state index in [1.807, 2.05) is 24.0 Å². The van der Waals surface area contributed by atoms with Crippen LogP contribution in [0.2, 0.25) is 0 Å². The largest absolute Gasteiger partial charge is 0.496 e. The predicted octanol–water partition coefficient (Wildman–Crippen LogP) is 1.45. The van der Waals surface area contributed by atoms with Gasteiger partial charge in [-0.25, -0.2) is 0 Å². The first-order chi connectivity index (χ1) is 9.62. The van der Waals surface area contributed by atoms with E-state index in [9.17, 15) is 5.11 Å². The first-order valence-corrected chi connectivity index (χ1v) is 6.97. The quantitative estimate of drug-likeness (QED) is 0.824. The summed E-state index contributed by atoms with van der Waals surface area (Å²) < 4.78 is 10.7. The van der Waals surface area contributed by atoms with Crippen molar-refractivity contribution in [1.29, 1.82) is 0 Å². The molecule has 110 valence electrons. The third-order valence-electron chi connectivity index (χ3n) is 3.40. The number of aliphatic hydroxyl groups is 1. The molecule has 1 aliphatic heterocycles. The highest BCUT2D eigenvalue weighted by atomic mass is 32.1. The fourth-order valence-corrected chi connectivity index (χ4v) is 2.78. The molecule has 1 heterocycles. The van der Waals surface area contributed by atoms with Gasteiger partial charge in [0.2, 0.25) is 0 Å². The van der Waals surface area contributed by atoms with Crippen LogP contribution in [0.25, 0.3) is 0 Å². The lowest BCUT2D eigenvalue weighted by Gasteiger charge is -2.35. The molecule has 0 bridgehead atoms. The van der Waals surface area contributed by atoms with Crippen LogP contribution in [-0.4, -0.2) is 42.4 Å². The van der Waals surface area contributed by atoms with Crippen molar-refractivity contribution in [3.63, 3.8) is 0 Å². The van der Waals surface area contributed by atoms with E-state index in [4.69, 9.17) is 21.7 Å². The van der Waals surface area contributed by atoms with Gasteiger partial charge in [0.1, 0.15) is 17.6 Å². The molecule has 2 rings (SSSR count). The zero-order valence-corrected chi connectivity index (χ0v) is 12.8. The average molecular weight is 296 g/mol. The molecule has 0 saturated heterocycles. The number of hydrogen-bond acceptors (Lipinski definition) is 4. The molecule has 2 N–H and O–H groups in total. The van der Waals surface area contributed by atoms with Crippen LogP contribution in [0.5, 0.6) is 11.5 Å². The van der Waals surface area contributed by atoms with Crippen molar-refractivity contribution < 1.29 is 14.6 Å². The molecule has 0 spiro atoms. The maximum Gasteiger partial charge on any atom is 0.169 e. The summed E-state index contributed by atoms with van der Waals surface area (Å²) in [6, 6.07) is 3.67. The van der Waals surface area contributed by atoms with Gasteiger partial charge >= 0.3 is 0 Å². The Morgan fingerprint density at radius 1 is 1.40 bits per heavy atom. The van der Waals surface area contributed by atoms with Crippen LogP contribution in [-0.2, 0) is 6.54 Å². The molecule has 6 heteroatoms. The smallest absolute Gasteiger partial charge is 0.169 e. The molecular weight excluding hydrogens is 276 g/mol. The summed E-state index contributed by atoms with van der Waals surface area (Å²) in [5.41, 5.74) is 1.72. The van der Waals surface area contributed by atoms with Gasteiger partial charge in [0.05, 0.1) is 20.8 Å². The van der Waals surface area contributed by atoms with E-state index in [1.54, 1.807) is 14.2 Å². The van der Waals surface area contributed by atoms with Crippen LogP contribution in [0.1, 0.15) is 24.2 Å². The average Bonchev–Trinajstić information content (AvgIpc) is 2.46. The van der Waals surface area contributed by atoms with Crippen LogP contribution in [0.15, 0.2) is 12.1 Å². The van der Waals surface area contributed by atoms with E-state index in [-0.39, 0.29) is 0 Å². The van der Waals surface area contributed by atoms with Gasteiger partial charge in [-0.2, -0.15) is 0 Å². The number of nitrogens with zero attached hydrogens (tertiary/aromatic N) is 1. The van der Waals surface area contributed by atoms with Crippen molar-refractivity contribution in [2.45, 2.75) is 19.6 Å². The molecule has 0 unspecified atom stereocenters. The molecule has 0 aliphatic carbocycles. The lowest BCUT2D eigenvalue weighted by atomic mass is 9.95. The van der Waals surface area contributed by atoms with Gasteiger partial charge in [-0.1, -0.05) is 0 Å². The molecule has 0 fully saturated rings. The number of ether oxygens (including phenoxy) is 2. The number of nitrogens with one attached hydrogen (secondary N) is 1. The van der Waals surface area contributed by atoms with Gasteiger partial charge in [-0.15, -0.1) is 0 Å². The minimum atomic E-state index is -0.652. The summed E-state index contributed by atoms with van der Waals surface area (Å²) in [5.74, 6) is 1.42. The predicted molar refractivity (Wildman–Crippen MR) is 81.2 cm³/mol. The summed E-state index contributed by atoms with van der Waals surface area (Å²) in [4.78, 5) is 1.94. The first kappa shape index (κ1) is 14.9. The Hall–Kier alpha value is -1.53. The maximum atomic E-state index is 10.4. The van der Waals surface area contributed by atoms with Crippen molar-refractivity contribution >= 4 is 17.3 Å². The zero-order chi connectivity index (χ0) is 14.7. The summed E-state index contributed by atoms with van der Waals surface area (Å²) in [6.45, 7) is 3.79. The number of hydrogen-bond donors (Lipinski definition) is 2. The highest BCUT2D eigenvalue weighted by Crippen LogP contribution is 2.39. The van der Waals surface area contributed by atoms with Crippen LogP contribution < -0.4 is 14.8 Å². The normalized spacial score (nSPS) is 17.4. The monoisotopic (exact) mass is 296 g/mol. The third kappa shape index (κ3) is 2.66. The number of fused-ring (bicyclic) bond motifs is 1. The van der Waals surface area contributed by atoms with Crippen molar-refractivity contribution in [2.75, 3.05) is 27.3 Å². The number of benzene rings is 1. The highest BCUT2D eigenvalue weighted by Gasteiger charge is 2.30. The van der Waals surface area contributed by atoms with Crippen LogP contribution in [0.3, 0.4) is 0 Å². The minimum Gasteiger partial charge on any atom is -0.496 e. The molecule has 0 radical (unpaired) electrons. The van der Waals surface area contributed by atoms with Crippen molar-refractivity contribution in [1.82, 2.24) is 10.2 Å². The summed E-state index contributed by atoms with van der Waals surface area (Å²) >= 11 is 5.33. The molecule has 20 heavy (non-hydrogen) atoms. The Morgan fingerprint density at radius 3 is 2.65 bits per heavy atom. The molecule has 5 nitrogen and oxygen atoms in total. The maximum absolute atomic E-state index is 10.4. The van der Waals surface area contributed by atoms with Gasteiger partial charge in [-0.05, 0) is 31.3 Å². The van der Waals surface area contributed by atoms with Gasteiger partial charge in [0, 0.05) is 24.2 Å². The molecule has 0 saturated carbocycles. The van der Waals surface area contributed by atoms with Gasteiger partial charge in [0.25, 0.3) is 0 Å². The van der Waals surface area contributed by atoms with E-state index in [0.717, 1.165) is 23.4 Å². The number of aliphatic hydroxyl groups excluding tert-OH is 1. The number of rotatable bonds is 3. The van der Waals surface area contributed by atoms with Crippen molar-refractivity contribution in [3.05, 3.63) is 23.3 Å². The minimum absolute atomic E-state index is 0.447. The fourth-order valence-electron chi connectivity index (χ4n) is 2.49. The lowest BCUT2D eigenvalue weighted by molar-refractivity contribution is 0.122. The Kier molecular flexibility index (Phi) is 4.67. The SMILES string of the molecule is CCNC(=S)N1Cc2c(OC)ccc(OC)c2[C@@H](O)C1. The molecule has 1 aromatic rings. The number of β-amino-alcohol motifs (C(OH)–C–C–N with tert-alkyl or cyclic N) is 1. The Morgan fingerprint density at radius 2 is 2.05 bits per heavy atom. The topological polar surface area (TPSA) is 54.0 Å². The van der Waals surface area contributed by atoms with E-state index < -0.39 is 6.10 Å². The summed E-state index contributed by atoms with van der Waals surface area (Å²) in [6.07, 6.45) is -0.652. The molecular formula is C14H20N2O3S. The lowest BCUT2D eigenvalue weighted by Crippen LogP contribution is -2.44. The van der Waals surface area contributed by atoms with Crippen molar-refractivity contribution in [3.8, 4) is 11.5 Å². The molecule has 0 amide bonds. The summed E-state index contributed by atoms with van der Waals surface area (Å²) in [5, 5.41) is 14.2. The van der Waals surface area contributed by atoms with E-state index >= 15 is 0 Å². The second-order valence-corrected chi connectivity index (χ2v) is 4.98. The van der Waals surface area contributed by atoms with Crippen molar-refractivity contribution in [2.24, 2.45) is 0 Å². The van der Waals surface area contributed by atoms with Crippen LogP contribution in [0.4, 0.5) is 0 Å². The van der Waals surface area contributed by atoms with Crippen LogP contribution >= 0.6 is 12.2 Å². The standard InChI is InChI=1S/C14H20N2O3S/c1-4-15-14(20)16-7-9-11(18-2)5-6-12(19-3)13(9)10(17)8-16/h5-6,10,17H,4,7-8H2,1-3H3,(H,15,20)/t10-/m0/s1. The Bertz CT molecular complexity index is 507. The van der Waals surface area contributed by atoms with Gasteiger partial charge in [-0.3, -0.25) is 0 Å². The number of thiocarbonyl (C=S) groups is 1. The van der Waals surface area contributed by atoms with E-state index in [2.05, 4.69) is 5.32 Å². The van der Waals surface area contributed by atoms with E-state index in [1.165, 1.54) is 0 Å². The molecule has 0 aromatic heterocycles. The fraction of sp³-hybridized carbons (Fsp3) is 0.500. The van der Waals surface area contributed by atoms with Gasteiger partial charge < -0.3 is 24.8 Å². The molecule has 1 aromatic carbocycles. The Balaban J connectivity index is 2.40. The highest BCUT2D eigenvalue weighted by molar-refractivity contribution is 7.80.